The number of benzene rings is 2. The molecule has 3 amide bonds. The van der Waals surface area contributed by atoms with Crippen molar-refractivity contribution in [1.29, 1.82) is 0 Å². The second-order valence-corrected chi connectivity index (χ2v) is 12.8. The molecule has 0 spiro atoms. The van der Waals surface area contributed by atoms with Crippen molar-refractivity contribution in [3.63, 3.8) is 0 Å². The van der Waals surface area contributed by atoms with Gasteiger partial charge in [0.1, 0.15) is 24.1 Å². The number of halogens is 6. The van der Waals surface area contributed by atoms with Crippen molar-refractivity contribution in [2.75, 3.05) is 31.6 Å². The third kappa shape index (κ3) is 13.3. The fourth-order valence-electron chi connectivity index (χ4n) is 4.84. The van der Waals surface area contributed by atoms with Crippen LogP contribution in [-0.4, -0.2) is 92.1 Å². The number of nitrogens with zero attached hydrogens (tertiary/aromatic N) is 3. The van der Waals surface area contributed by atoms with Crippen LogP contribution in [0.15, 0.2) is 54.7 Å². The summed E-state index contributed by atoms with van der Waals surface area (Å²) in [5.74, 6) is -4.93. The summed E-state index contributed by atoms with van der Waals surface area (Å²) in [4.78, 5) is 52.3. The molecule has 1 aromatic heterocycles. The van der Waals surface area contributed by atoms with Gasteiger partial charge < -0.3 is 36.0 Å². The fraction of sp³-hybridized carbons (Fsp3) is 0.424. The Kier molecular flexibility index (Phi) is 16.1. The number of hydrogen-bond acceptors (Lipinski definition) is 7. The topological polar surface area (TPSA) is 180 Å². The number of aliphatic hydroxyl groups excluding tert-OH is 1. The molecule has 0 unspecified atom stereocenters. The van der Waals surface area contributed by atoms with E-state index in [0.29, 0.717) is 12.4 Å². The number of hydrogen-bond donors (Lipinski definition) is 5. The molecule has 51 heavy (non-hydrogen) atoms. The maximum Gasteiger partial charge on any atom is 0.490 e. The molecule has 0 bridgehead atoms. The standard InChI is InChI=1S/C31H39BrF2N6O4.C2HF3O2/c1-31(2,3)28(40(27(43)19-41)14-11-24(35)30(44)37-13-12-36-26(42)16-32)29-38-25(22-15-21(33)9-10-23(22)34)18-39(29)17-20-7-5-4-6-8-20;3-2(4,5)1(6)7/h4-10,15,18,24,28,41H,11-14,16-17,19,35H2,1-3H3,(H,36,42)(H,37,44);(H,6,7)/t24-,28-;/m0./s1. The molecule has 3 rings (SSSR count). The Hall–Kier alpha value is -4.42. The molecule has 3 aromatic rings. The van der Waals surface area contributed by atoms with Gasteiger partial charge in [-0.05, 0) is 35.6 Å². The number of carbonyl (C=O) groups excluding carboxylic acids is 3. The number of rotatable bonds is 14. The second-order valence-electron chi connectivity index (χ2n) is 12.2. The van der Waals surface area contributed by atoms with E-state index in [9.17, 15) is 41.4 Å². The molecule has 0 aliphatic carbocycles. The first-order chi connectivity index (χ1) is 23.8. The van der Waals surface area contributed by atoms with Crippen LogP contribution in [0.5, 0.6) is 0 Å². The van der Waals surface area contributed by atoms with Crippen LogP contribution in [0.2, 0.25) is 0 Å². The lowest BCUT2D eigenvalue weighted by atomic mass is 9.84. The molecule has 2 aromatic carbocycles. The average Bonchev–Trinajstić information content (AvgIpc) is 3.46. The van der Waals surface area contributed by atoms with Crippen LogP contribution in [0, 0.1) is 17.0 Å². The molecule has 2 atom stereocenters. The van der Waals surface area contributed by atoms with Crippen molar-refractivity contribution in [2.45, 2.75) is 52.0 Å². The number of carboxylic acid groups (broad SMARTS) is 1. The van der Waals surface area contributed by atoms with E-state index in [-0.39, 0.29) is 48.5 Å². The summed E-state index contributed by atoms with van der Waals surface area (Å²) < 4.78 is 62.5. The van der Waals surface area contributed by atoms with E-state index < -0.39 is 59.7 Å². The van der Waals surface area contributed by atoms with Crippen molar-refractivity contribution in [2.24, 2.45) is 11.1 Å². The zero-order valence-electron chi connectivity index (χ0n) is 28.0. The molecule has 280 valence electrons. The Morgan fingerprint density at radius 1 is 1.02 bits per heavy atom. The molecule has 18 heteroatoms. The molecule has 0 aliphatic heterocycles. The van der Waals surface area contributed by atoms with Gasteiger partial charge in [0.15, 0.2) is 0 Å². The van der Waals surface area contributed by atoms with Crippen molar-refractivity contribution >= 4 is 39.6 Å². The quantitative estimate of drug-likeness (QED) is 0.0931. The lowest BCUT2D eigenvalue weighted by molar-refractivity contribution is -0.192. The number of alkyl halides is 4. The van der Waals surface area contributed by atoms with E-state index in [1.807, 2.05) is 51.1 Å². The normalized spacial score (nSPS) is 12.6. The number of nitrogens with two attached hydrogens (primary N) is 1. The first kappa shape index (κ1) is 42.7. The molecule has 0 saturated heterocycles. The molecule has 6 N–H and O–H groups in total. The third-order valence-electron chi connectivity index (χ3n) is 7.17. The molecular formula is C33H40BrF5N6O6. The van der Waals surface area contributed by atoms with E-state index in [0.717, 1.165) is 23.8 Å². The van der Waals surface area contributed by atoms with Crippen LogP contribution in [0.4, 0.5) is 22.0 Å². The lowest BCUT2D eigenvalue weighted by Gasteiger charge is -2.40. The van der Waals surface area contributed by atoms with Gasteiger partial charge >= 0.3 is 12.1 Å². The van der Waals surface area contributed by atoms with Gasteiger partial charge in [-0.2, -0.15) is 13.2 Å². The number of aliphatic carboxylic acids is 1. The number of aromatic nitrogens is 2. The van der Waals surface area contributed by atoms with Gasteiger partial charge in [0.25, 0.3) is 0 Å². The number of carboxylic acids is 1. The van der Waals surface area contributed by atoms with Gasteiger partial charge in [0, 0.05) is 37.9 Å². The SMILES string of the molecule is CC(C)(C)[C@H](c1nc(-c2cc(F)ccc2F)cn1Cc1ccccc1)N(CC[C@H](N)C(=O)NCCNC(=O)CBr)C(=O)CO.O=C(O)C(F)(F)F. The average molecular weight is 792 g/mol. The minimum Gasteiger partial charge on any atom is -0.475 e. The zero-order valence-corrected chi connectivity index (χ0v) is 29.6. The van der Waals surface area contributed by atoms with Crippen LogP contribution in [0.3, 0.4) is 0 Å². The minimum atomic E-state index is -5.08. The van der Waals surface area contributed by atoms with E-state index in [4.69, 9.17) is 20.6 Å². The van der Waals surface area contributed by atoms with Crippen LogP contribution < -0.4 is 16.4 Å². The van der Waals surface area contributed by atoms with E-state index in [2.05, 4.69) is 26.6 Å². The van der Waals surface area contributed by atoms with Crippen LogP contribution >= 0.6 is 15.9 Å². The summed E-state index contributed by atoms with van der Waals surface area (Å²) in [6.07, 6.45) is -3.41. The zero-order chi connectivity index (χ0) is 38.5. The minimum absolute atomic E-state index is 0.00189. The molecular weight excluding hydrogens is 751 g/mol. The molecule has 0 saturated carbocycles. The van der Waals surface area contributed by atoms with Crippen molar-refractivity contribution in [3.8, 4) is 11.3 Å². The molecule has 0 aliphatic rings. The summed E-state index contributed by atoms with van der Waals surface area (Å²) in [6, 6.07) is 10.8. The maximum atomic E-state index is 14.9. The van der Waals surface area contributed by atoms with Crippen molar-refractivity contribution < 1.29 is 51.3 Å². The predicted octanol–water partition coefficient (Wildman–Crippen LogP) is 3.76. The highest BCUT2D eigenvalue weighted by Gasteiger charge is 2.39. The van der Waals surface area contributed by atoms with E-state index >= 15 is 0 Å². The molecule has 1 heterocycles. The van der Waals surface area contributed by atoms with Crippen LogP contribution in [0.1, 0.15) is 44.6 Å². The molecule has 0 fully saturated rings. The second kappa shape index (κ2) is 19.3. The summed E-state index contributed by atoms with van der Waals surface area (Å²) in [5, 5.41) is 22.5. The largest absolute Gasteiger partial charge is 0.490 e. The highest BCUT2D eigenvalue weighted by Crippen LogP contribution is 2.39. The van der Waals surface area contributed by atoms with Gasteiger partial charge in [0.2, 0.25) is 17.7 Å². The summed E-state index contributed by atoms with van der Waals surface area (Å²) >= 11 is 3.05. The number of aliphatic hydroxyl groups is 1. The van der Waals surface area contributed by atoms with Gasteiger partial charge in [-0.25, -0.2) is 18.6 Å². The van der Waals surface area contributed by atoms with Crippen molar-refractivity contribution in [3.05, 3.63) is 77.8 Å². The Labute approximate surface area is 299 Å². The summed E-state index contributed by atoms with van der Waals surface area (Å²) in [5.41, 5.74) is 6.56. The third-order valence-corrected chi connectivity index (χ3v) is 7.68. The van der Waals surface area contributed by atoms with Gasteiger partial charge in [0.05, 0.1) is 23.1 Å². The summed E-state index contributed by atoms with van der Waals surface area (Å²) in [7, 11) is 0. The first-order valence-corrected chi connectivity index (χ1v) is 16.5. The van der Waals surface area contributed by atoms with Gasteiger partial charge in [-0.1, -0.05) is 67.0 Å². The summed E-state index contributed by atoms with van der Waals surface area (Å²) in [6.45, 7) is 5.60. The lowest BCUT2D eigenvalue weighted by Crippen LogP contribution is -2.48. The van der Waals surface area contributed by atoms with E-state index in [1.54, 1.807) is 10.8 Å². The predicted molar refractivity (Wildman–Crippen MR) is 180 cm³/mol. The fourth-order valence-corrected chi connectivity index (χ4v) is 5.04. The highest BCUT2D eigenvalue weighted by atomic mass is 79.9. The number of nitrogens with one attached hydrogen (secondary N) is 2. The Morgan fingerprint density at radius 2 is 1.63 bits per heavy atom. The first-order valence-electron chi connectivity index (χ1n) is 15.4. The van der Waals surface area contributed by atoms with E-state index in [1.165, 1.54) is 4.90 Å². The van der Waals surface area contributed by atoms with Crippen LogP contribution in [0.25, 0.3) is 11.3 Å². The Bertz CT molecular complexity index is 1630. The monoisotopic (exact) mass is 790 g/mol. The van der Waals surface area contributed by atoms with Crippen molar-refractivity contribution in [1.82, 2.24) is 25.1 Å². The van der Waals surface area contributed by atoms with Crippen LogP contribution in [-0.2, 0) is 25.7 Å². The Balaban J connectivity index is 0.00000116. The number of amides is 3. The highest BCUT2D eigenvalue weighted by molar-refractivity contribution is 9.09. The number of carbonyl (C=O) groups is 4. The van der Waals surface area contributed by atoms with Gasteiger partial charge in [-0.15, -0.1) is 0 Å². The number of imidazole rings is 1. The van der Waals surface area contributed by atoms with Gasteiger partial charge in [-0.3, -0.25) is 14.4 Å². The smallest absolute Gasteiger partial charge is 0.475 e. The molecule has 12 nitrogen and oxygen atoms in total. The maximum absolute atomic E-state index is 14.9. The molecule has 0 radical (unpaired) electrons. The Morgan fingerprint density at radius 3 is 2.18 bits per heavy atom.